The van der Waals surface area contributed by atoms with Gasteiger partial charge in [-0.1, -0.05) is 30.3 Å². The lowest BCUT2D eigenvalue weighted by Crippen LogP contribution is -2.09. The minimum atomic E-state index is -0.435. The van der Waals surface area contributed by atoms with Crippen LogP contribution in [0.5, 0.6) is 17.2 Å². The Bertz CT molecular complexity index is 689. The number of esters is 1. The molecule has 0 unspecified atom stereocenters. The molecule has 0 aromatic heterocycles. The zero-order valence-electron chi connectivity index (χ0n) is 12.8. The average Bonchev–Trinajstić information content (AvgIpc) is 2.55. The Morgan fingerprint density at radius 1 is 0.864 bits per heavy atom. The lowest BCUT2D eigenvalue weighted by Gasteiger charge is -2.09. The molecule has 0 radical (unpaired) electrons. The van der Waals surface area contributed by atoms with Crippen molar-refractivity contribution in [3.8, 4) is 17.2 Å². The summed E-state index contributed by atoms with van der Waals surface area (Å²) in [5, 5.41) is 0. The van der Waals surface area contributed by atoms with Crippen molar-refractivity contribution in [2.24, 2.45) is 0 Å². The number of carbonyl (C=O) groups is 1. The molecule has 2 aromatic rings. The third-order valence-corrected chi connectivity index (χ3v) is 3.10. The molecule has 0 fully saturated rings. The van der Waals surface area contributed by atoms with Crippen LogP contribution in [0.3, 0.4) is 0 Å². The topological polar surface area (TPSA) is 44.8 Å². The smallest absolute Gasteiger partial charge is 0.339 e. The SMILES string of the molecule is COc1ccccc1C=C(C)C(=O)Oc1ccccc1OC. The predicted molar refractivity (Wildman–Crippen MR) is 85.3 cm³/mol. The summed E-state index contributed by atoms with van der Waals surface area (Å²) in [6, 6.07) is 14.5. The van der Waals surface area contributed by atoms with E-state index in [2.05, 4.69) is 0 Å². The largest absolute Gasteiger partial charge is 0.496 e. The van der Waals surface area contributed by atoms with E-state index in [4.69, 9.17) is 14.2 Å². The number of ether oxygens (including phenoxy) is 3. The van der Waals surface area contributed by atoms with Crippen LogP contribution in [0.4, 0.5) is 0 Å². The van der Waals surface area contributed by atoms with Crippen LogP contribution in [0.2, 0.25) is 0 Å². The van der Waals surface area contributed by atoms with Gasteiger partial charge in [0, 0.05) is 11.1 Å². The second-order valence-corrected chi connectivity index (χ2v) is 4.61. The number of carbonyl (C=O) groups excluding carboxylic acids is 1. The van der Waals surface area contributed by atoms with E-state index in [0.717, 1.165) is 5.56 Å². The van der Waals surface area contributed by atoms with Crippen molar-refractivity contribution in [2.75, 3.05) is 14.2 Å². The number of methoxy groups -OCH3 is 2. The number of para-hydroxylation sites is 3. The van der Waals surface area contributed by atoms with E-state index in [0.29, 0.717) is 22.8 Å². The standard InChI is InChI=1S/C18H18O4/c1-13(12-14-8-4-5-9-15(14)20-2)18(19)22-17-11-7-6-10-16(17)21-3/h4-12H,1-3H3. The highest BCUT2D eigenvalue weighted by Gasteiger charge is 2.12. The van der Waals surface area contributed by atoms with E-state index >= 15 is 0 Å². The van der Waals surface area contributed by atoms with Crippen molar-refractivity contribution in [3.05, 3.63) is 59.7 Å². The van der Waals surface area contributed by atoms with Gasteiger partial charge in [0.05, 0.1) is 14.2 Å². The van der Waals surface area contributed by atoms with Gasteiger partial charge in [0.15, 0.2) is 11.5 Å². The predicted octanol–water partition coefficient (Wildman–Crippen LogP) is 3.71. The summed E-state index contributed by atoms with van der Waals surface area (Å²) in [5.41, 5.74) is 1.29. The molecular formula is C18H18O4. The molecule has 0 aliphatic rings. The van der Waals surface area contributed by atoms with Gasteiger partial charge in [0.25, 0.3) is 0 Å². The van der Waals surface area contributed by atoms with Crippen molar-refractivity contribution < 1.29 is 19.0 Å². The molecule has 4 nitrogen and oxygen atoms in total. The monoisotopic (exact) mass is 298 g/mol. The quantitative estimate of drug-likeness (QED) is 0.479. The molecule has 0 bridgehead atoms. The first-order valence-electron chi connectivity index (χ1n) is 6.82. The summed E-state index contributed by atoms with van der Waals surface area (Å²) in [6.07, 6.45) is 1.73. The van der Waals surface area contributed by atoms with Crippen molar-refractivity contribution >= 4 is 12.0 Å². The first-order chi connectivity index (χ1) is 10.7. The van der Waals surface area contributed by atoms with Gasteiger partial charge in [-0.05, 0) is 31.2 Å². The van der Waals surface area contributed by atoms with Gasteiger partial charge < -0.3 is 14.2 Å². The number of hydrogen-bond acceptors (Lipinski definition) is 4. The van der Waals surface area contributed by atoms with Crippen LogP contribution in [0.1, 0.15) is 12.5 Å². The lowest BCUT2D eigenvalue weighted by molar-refractivity contribution is -0.130. The molecule has 2 aromatic carbocycles. The fraction of sp³-hybridized carbons (Fsp3) is 0.167. The Balaban J connectivity index is 2.20. The molecule has 0 atom stereocenters. The number of hydrogen-bond donors (Lipinski definition) is 0. The highest BCUT2D eigenvalue weighted by Crippen LogP contribution is 2.27. The molecule has 0 saturated carbocycles. The maximum atomic E-state index is 12.2. The zero-order valence-corrected chi connectivity index (χ0v) is 12.8. The minimum absolute atomic E-state index is 0.391. The Hall–Kier alpha value is -2.75. The Labute approximate surface area is 129 Å². The van der Waals surface area contributed by atoms with Crippen LogP contribution in [-0.2, 0) is 4.79 Å². The zero-order chi connectivity index (χ0) is 15.9. The molecule has 0 N–H and O–H groups in total. The Morgan fingerprint density at radius 3 is 2.05 bits per heavy atom. The van der Waals surface area contributed by atoms with E-state index in [9.17, 15) is 4.79 Å². The molecule has 0 saturated heterocycles. The molecule has 0 aliphatic carbocycles. The molecule has 0 heterocycles. The summed E-state index contributed by atoms with van der Waals surface area (Å²) in [5.74, 6) is 1.17. The fourth-order valence-corrected chi connectivity index (χ4v) is 1.96. The Kier molecular flexibility index (Phi) is 5.20. The van der Waals surface area contributed by atoms with Crippen molar-refractivity contribution in [1.82, 2.24) is 0 Å². The van der Waals surface area contributed by atoms with Gasteiger partial charge >= 0.3 is 5.97 Å². The van der Waals surface area contributed by atoms with E-state index < -0.39 is 5.97 Å². The number of benzene rings is 2. The molecule has 0 aliphatic heterocycles. The van der Waals surface area contributed by atoms with E-state index in [-0.39, 0.29) is 0 Å². The molecule has 2 rings (SSSR count). The maximum Gasteiger partial charge on any atom is 0.339 e. The van der Waals surface area contributed by atoms with E-state index in [1.54, 1.807) is 38.3 Å². The van der Waals surface area contributed by atoms with E-state index in [1.165, 1.54) is 7.11 Å². The van der Waals surface area contributed by atoms with Crippen LogP contribution in [-0.4, -0.2) is 20.2 Å². The van der Waals surface area contributed by atoms with Gasteiger partial charge in [-0.3, -0.25) is 0 Å². The fourth-order valence-electron chi connectivity index (χ4n) is 1.96. The normalized spacial score (nSPS) is 11.0. The van der Waals surface area contributed by atoms with Gasteiger partial charge in [0.2, 0.25) is 0 Å². The van der Waals surface area contributed by atoms with Crippen LogP contribution in [0, 0.1) is 0 Å². The van der Waals surface area contributed by atoms with Crippen molar-refractivity contribution in [2.45, 2.75) is 6.92 Å². The number of rotatable bonds is 5. The van der Waals surface area contributed by atoms with Crippen LogP contribution < -0.4 is 14.2 Å². The summed E-state index contributed by atoms with van der Waals surface area (Å²) >= 11 is 0. The summed E-state index contributed by atoms with van der Waals surface area (Å²) in [6.45, 7) is 1.70. The highest BCUT2D eigenvalue weighted by molar-refractivity contribution is 5.95. The van der Waals surface area contributed by atoms with Crippen molar-refractivity contribution in [3.63, 3.8) is 0 Å². The van der Waals surface area contributed by atoms with Crippen molar-refractivity contribution in [1.29, 1.82) is 0 Å². The highest BCUT2D eigenvalue weighted by atomic mass is 16.6. The van der Waals surface area contributed by atoms with Crippen LogP contribution in [0.15, 0.2) is 54.1 Å². The molecule has 22 heavy (non-hydrogen) atoms. The lowest BCUT2D eigenvalue weighted by atomic mass is 10.1. The molecule has 0 spiro atoms. The maximum absolute atomic E-state index is 12.2. The average molecular weight is 298 g/mol. The molecule has 0 amide bonds. The van der Waals surface area contributed by atoms with E-state index in [1.807, 2.05) is 30.3 Å². The van der Waals surface area contributed by atoms with Gasteiger partial charge in [-0.15, -0.1) is 0 Å². The molecular weight excluding hydrogens is 280 g/mol. The third-order valence-electron chi connectivity index (χ3n) is 3.10. The first-order valence-corrected chi connectivity index (χ1v) is 6.82. The minimum Gasteiger partial charge on any atom is -0.496 e. The van der Waals surface area contributed by atoms with Gasteiger partial charge in [0.1, 0.15) is 5.75 Å². The molecule has 4 heteroatoms. The Morgan fingerprint density at radius 2 is 1.41 bits per heavy atom. The summed E-state index contributed by atoms with van der Waals surface area (Å²) < 4.78 is 15.8. The van der Waals surface area contributed by atoms with Crippen LogP contribution in [0.25, 0.3) is 6.08 Å². The summed E-state index contributed by atoms with van der Waals surface area (Å²) in [7, 11) is 3.12. The summed E-state index contributed by atoms with van der Waals surface area (Å²) in [4.78, 5) is 12.2. The first kappa shape index (κ1) is 15.6. The van der Waals surface area contributed by atoms with Crippen LogP contribution >= 0.6 is 0 Å². The van der Waals surface area contributed by atoms with Gasteiger partial charge in [-0.25, -0.2) is 4.79 Å². The third kappa shape index (κ3) is 3.67. The van der Waals surface area contributed by atoms with Gasteiger partial charge in [-0.2, -0.15) is 0 Å². The second-order valence-electron chi connectivity index (χ2n) is 4.61. The molecule has 114 valence electrons. The second kappa shape index (κ2) is 7.31.